The summed E-state index contributed by atoms with van der Waals surface area (Å²) in [6, 6.07) is 7.93. The quantitative estimate of drug-likeness (QED) is 0.897. The van der Waals surface area contributed by atoms with E-state index < -0.39 is 0 Å². The Balaban J connectivity index is 1.58. The van der Waals surface area contributed by atoms with Gasteiger partial charge >= 0.3 is 6.03 Å². The number of rotatable bonds is 5. The molecular weight excluding hydrogens is 306 g/mol. The van der Waals surface area contributed by atoms with Crippen LogP contribution < -0.4 is 5.32 Å². The zero-order valence-corrected chi connectivity index (χ0v) is 14.4. The summed E-state index contributed by atoms with van der Waals surface area (Å²) in [5, 5.41) is 3.05. The van der Waals surface area contributed by atoms with E-state index in [-0.39, 0.29) is 12.1 Å². The first-order valence-electron chi connectivity index (χ1n) is 8.74. The van der Waals surface area contributed by atoms with Crippen LogP contribution >= 0.6 is 0 Å². The number of urea groups is 1. The van der Waals surface area contributed by atoms with Gasteiger partial charge in [0, 0.05) is 45.5 Å². The third-order valence-electron chi connectivity index (χ3n) is 4.60. The molecule has 0 unspecified atom stereocenters. The van der Waals surface area contributed by atoms with Crippen LogP contribution in [0.15, 0.2) is 24.3 Å². The van der Waals surface area contributed by atoms with Crippen LogP contribution in [0.3, 0.4) is 0 Å². The fourth-order valence-corrected chi connectivity index (χ4v) is 3.17. The lowest BCUT2D eigenvalue weighted by Crippen LogP contribution is -2.38. The van der Waals surface area contributed by atoms with Crippen LogP contribution in [0, 0.1) is 0 Å². The highest BCUT2D eigenvalue weighted by Crippen LogP contribution is 2.19. The van der Waals surface area contributed by atoms with Crippen molar-refractivity contribution in [2.75, 3.05) is 51.8 Å². The third-order valence-corrected chi connectivity index (χ3v) is 4.60. The Labute approximate surface area is 143 Å². The molecule has 2 amide bonds. The molecule has 2 heterocycles. The number of para-hydroxylation sites is 1. The second kappa shape index (κ2) is 8.46. The van der Waals surface area contributed by atoms with E-state index in [1.165, 1.54) is 0 Å². The zero-order chi connectivity index (χ0) is 16.8. The topological polar surface area (TPSA) is 54.0 Å². The van der Waals surface area contributed by atoms with Crippen LogP contribution in [-0.2, 0) is 16.0 Å². The summed E-state index contributed by atoms with van der Waals surface area (Å²) in [4.78, 5) is 16.5. The molecule has 0 saturated carbocycles. The summed E-state index contributed by atoms with van der Waals surface area (Å²) in [5.74, 6) is 0. The maximum Gasteiger partial charge on any atom is 0.321 e. The van der Waals surface area contributed by atoms with Crippen molar-refractivity contribution in [3.05, 3.63) is 29.8 Å². The molecule has 0 aliphatic carbocycles. The normalized spacial score (nSPS) is 21.6. The minimum atomic E-state index is -0.0834. The van der Waals surface area contributed by atoms with Crippen molar-refractivity contribution in [2.45, 2.75) is 25.5 Å². The molecule has 0 aromatic heterocycles. The predicted molar refractivity (Wildman–Crippen MR) is 93.2 cm³/mol. The first kappa shape index (κ1) is 17.2. The monoisotopic (exact) mass is 333 g/mol. The fraction of sp³-hybridized carbons (Fsp3) is 0.611. The van der Waals surface area contributed by atoms with Crippen molar-refractivity contribution >= 4 is 11.7 Å². The van der Waals surface area contributed by atoms with Crippen LogP contribution in [0.4, 0.5) is 10.5 Å². The van der Waals surface area contributed by atoms with Crippen molar-refractivity contribution < 1.29 is 14.3 Å². The van der Waals surface area contributed by atoms with Gasteiger partial charge in [-0.15, -0.1) is 0 Å². The zero-order valence-electron chi connectivity index (χ0n) is 14.4. The van der Waals surface area contributed by atoms with Gasteiger partial charge < -0.3 is 19.7 Å². The highest BCUT2D eigenvalue weighted by atomic mass is 16.5. The molecule has 1 atom stereocenters. The minimum Gasteiger partial charge on any atom is -0.379 e. The molecule has 0 radical (unpaired) electrons. The number of hydrogen-bond acceptors (Lipinski definition) is 4. The Morgan fingerprint density at radius 2 is 2.08 bits per heavy atom. The van der Waals surface area contributed by atoms with Crippen molar-refractivity contribution in [1.29, 1.82) is 0 Å². The van der Waals surface area contributed by atoms with Gasteiger partial charge in [0.2, 0.25) is 0 Å². The van der Waals surface area contributed by atoms with Crippen LogP contribution in [0.5, 0.6) is 0 Å². The van der Waals surface area contributed by atoms with Crippen molar-refractivity contribution in [3.63, 3.8) is 0 Å². The molecule has 2 fully saturated rings. The number of hydrogen-bond donors (Lipinski definition) is 1. The summed E-state index contributed by atoms with van der Waals surface area (Å²) in [6.07, 6.45) is 2.29. The standard InChI is InChI=1S/C18H27N3O3/c1-20(14-16-6-4-10-24-16)18(22)19-17-7-3-2-5-15(17)13-21-8-11-23-12-9-21/h2-3,5,7,16H,4,6,8-14H2,1H3,(H,19,22)/t16-/m1/s1. The largest absolute Gasteiger partial charge is 0.379 e. The molecule has 3 rings (SSSR count). The van der Waals surface area contributed by atoms with Gasteiger partial charge in [0.15, 0.2) is 0 Å². The molecule has 1 aromatic carbocycles. The van der Waals surface area contributed by atoms with Crippen LogP contribution in [0.1, 0.15) is 18.4 Å². The van der Waals surface area contributed by atoms with E-state index >= 15 is 0 Å². The van der Waals surface area contributed by atoms with E-state index in [4.69, 9.17) is 9.47 Å². The number of carbonyl (C=O) groups excluding carboxylic acids is 1. The number of carbonyl (C=O) groups is 1. The number of ether oxygens (including phenoxy) is 2. The lowest BCUT2D eigenvalue weighted by atomic mass is 10.1. The van der Waals surface area contributed by atoms with Crippen molar-refractivity contribution in [1.82, 2.24) is 9.80 Å². The minimum absolute atomic E-state index is 0.0834. The van der Waals surface area contributed by atoms with Crippen LogP contribution in [0.2, 0.25) is 0 Å². The van der Waals surface area contributed by atoms with Gasteiger partial charge in [-0.1, -0.05) is 18.2 Å². The maximum atomic E-state index is 12.5. The molecule has 24 heavy (non-hydrogen) atoms. The van der Waals surface area contributed by atoms with E-state index in [9.17, 15) is 4.79 Å². The van der Waals surface area contributed by atoms with Crippen LogP contribution in [0.25, 0.3) is 0 Å². The van der Waals surface area contributed by atoms with Crippen molar-refractivity contribution in [3.8, 4) is 0 Å². The van der Waals surface area contributed by atoms with Gasteiger partial charge in [0.25, 0.3) is 0 Å². The lowest BCUT2D eigenvalue weighted by molar-refractivity contribution is 0.0342. The summed E-state index contributed by atoms with van der Waals surface area (Å²) in [6.45, 7) is 5.69. The molecule has 132 valence electrons. The molecule has 2 aliphatic heterocycles. The van der Waals surface area contributed by atoms with E-state index in [1.54, 1.807) is 4.90 Å². The lowest BCUT2D eigenvalue weighted by Gasteiger charge is -2.28. The smallest absolute Gasteiger partial charge is 0.321 e. The number of amides is 2. The van der Waals surface area contributed by atoms with Gasteiger partial charge in [-0.3, -0.25) is 4.90 Å². The number of anilines is 1. The predicted octanol–water partition coefficient (Wildman–Crippen LogP) is 2.16. The number of nitrogens with one attached hydrogen (secondary N) is 1. The molecular formula is C18H27N3O3. The number of morpholine rings is 1. The van der Waals surface area contributed by atoms with E-state index in [1.807, 2.05) is 25.2 Å². The Morgan fingerprint density at radius 1 is 1.29 bits per heavy atom. The van der Waals surface area contributed by atoms with E-state index in [2.05, 4.69) is 16.3 Å². The Kier molecular flexibility index (Phi) is 6.07. The van der Waals surface area contributed by atoms with Gasteiger partial charge in [-0.05, 0) is 24.5 Å². The van der Waals surface area contributed by atoms with Gasteiger partial charge in [0.05, 0.1) is 19.3 Å². The van der Waals surface area contributed by atoms with Crippen molar-refractivity contribution in [2.24, 2.45) is 0 Å². The average Bonchev–Trinajstić information content (AvgIpc) is 3.10. The number of nitrogens with zero attached hydrogens (tertiary/aromatic N) is 2. The summed E-state index contributed by atoms with van der Waals surface area (Å²) in [5.41, 5.74) is 2.02. The average molecular weight is 333 g/mol. The first-order chi connectivity index (χ1) is 11.7. The Hall–Kier alpha value is -1.63. The number of benzene rings is 1. The molecule has 6 heteroatoms. The van der Waals surface area contributed by atoms with Gasteiger partial charge in [0.1, 0.15) is 0 Å². The van der Waals surface area contributed by atoms with Gasteiger partial charge in [-0.2, -0.15) is 0 Å². The summed E-state index contributed by atoms with van der Waals surface area (Å²) in [7, 11) is 1.82. The second-order valence-corrected chi connectivity index (χ2v) is 6.49. The molecule has 1 N–H and O–H groups in total. The highest BCUT2D eigenvalue weighted by molar-refractivity contribution is 5.90. The van der Waals surface area contributed by atoms with Gasteiger partial charge in [-0.25, -0.2) is 4.79 Å². The molecule has 0 bridgehead atoms. The SMILES string of the molecule is CN(C[C@H]1CCCO1)C(=O)Nc1ccccc1CN1CCOCC1. The number of likely N-dealkylation sites (N-methyl/N-ethyl adjacent to an activating group) is 1. The van der Waals surface area contributed by atoms with Crippen LogP contribution in [-0.4, -0.2) is 68.4 Å². The van der Waals surface area contributed by atoms with E-state index in [0.29, 0.717) is 6.54 Å². The third kappa shape index (κ3) is 4.69. The Morgan fingerprint density at radius 3 is 2.83 bits per heavy atom. The maximum absolute atomic E-state index is 12.5. The summed E-state index contributed by atoms with van der Waals surface area (Å²) >= 11 is 0. The van der Waals surface area contributed by atoms with E-state index in [0.717, 1.165) is 63.5 Å². The molecule has 2 saturated heterocycles. The second-order valence-electron chi connectivity index (χ2n) is 6.49. The molecule has 0 spiro atoms. The first-order valence-corrected chi connectivity index (χ1v) is 8.74. The molecule has 1 aromatic rings. The Bertz CT molecular complexity index is 540. The molecule has 6 nitrogen and oxygen atoms in total. The fourth-order valence-electron chi connectivity index (χ4n) is 3.17. The highest BCUT2D eigenvalue weighted by Gasteiger charge is 2.21. The summed E-state index contributed by atoms with van der Waals surface area (Å²) < 4.78 is 11.0. The molecule has 2 aliphatic rings.